The maximum Gasteiger partial charge on any atom is 0.343 e. The van der Waals surface area contributed by atoms with E-state index >= 15 is 0 Å². The van der Waals surface area contributed by atoms with E-state index in [1.807, 2.05) is 0 Å². The average molecular weight is 414 g/mol. The lowest BCUT2D eigenvalue weighted by molar-refractivity contribution is 0.0387. The van der Waals surface area contributed by atoms with Crippen LogP contribution in [0, 0.1) is 0 Å². The van der Waals surface area contributed by atoms with Crippen LogP contribution in [0.15, 0.2) is 48.5 Å². The molecule has 0 radical (unpaired) electrons. The maximum atomic E-state index is 12.4. The first-order valence-corrected chi connectivity index (χ1v) is 10.3. The summed E-state index contributed by atoms with van der Waals surface area (Å²) in [5.41, 5.74) is 0.706. The second-order valence-corrected chi connectivity index (χ2v) is 6.83. The first-order valence-electron chi connectivity index (χ1n) is 10.3. The van der Waals surface area contributed by atoms with Crippen LogP contribution in [-0.4, -0.2) is 38.9 Å². The molecule has 2 aromatic carbocycles. The van der Waals surface area contributed by atoms with Crippen LogP contribution >= 0.6 is 0 Å². The van der Waals surface area contributed by atoms with Crippen molar-refractivity contribution in [1.29, 1.82) is 0 Å². The number of rotatable bonds is 13. The van der Waals surface area contributed by atoms with Crippen molar-refractivity contribution < 1.29 is 28.5 Å². The number of methoxy groups -OCH3 is 1. The molecule has 0 heterocycles. The van der Waals surface area contributed by atoms with Crippen molar-refractivity contribution in [3.63, 3.8) is 0 Å². The van der Waals surface area contributed by atoms with Gasteiger partial charge in [0, 0.05) is 7.11 Å². The summed E-state index contributed by atoms with van der Waals surface area (Å²) < 4.78 is 21.0. The minimum Gasteiger partial charge on any atom is -0.494 e. The van der Waals surface area contributed by atoms with Gasteiger partial charge in [-0.25, -0.2) is 9.59 Å². The summed E-state index contributed by atoms with van der Waals surface area (Å²) in [6.07, 6.45) is 5.90. The summed E-state index contributed by atoms with van der Waals surface area (Å²) in [7, 11) is 1.53. The van der Waals surface area contributed by atoms with Gasteiger partial charge in [-0.2, -0.15) is 0 Å². The molecule has 6 heteroatoms. The van der Waals surface area contributed by atoms with E-state index in [-0.39, 0.29) is 12.4 Å². The number of carbonyl (C=O) groups is 2. The molecule has 0 aliphatic carbocycles. The molecular weight excluding hydrogens is 384 g/mol. The van der Waals surface area contributed by atoms with Crippen LogP contribution < -0.4 is 9.47 Å². The molecule has 0 bridgehead atoms. The summed E-state index contributed by atoms with van der Waals surface area (Å²) in [6.45, 7) is 3.34. The highest BCUT2D eigenvalue weighted by Gasteiger charge is 2.12. The first-order chi connectivity index (χ1) is 14.6. The Balaban J connectivity index is 1.84. The molecule has 30 heavy (non-hydrogen) atoms. The van der Waals surface area contributed by atoms with E-state index in [2.05, 4.69) is 6.92 Å². The Morgan fingerprint density at radius 1 is 0.767 bits per heavy atom. The van der Waals surface area contributed by atoms with E-state index < -0.39 is 11.9 Å². The molecule has 0 atom stereocenters. The highest BCUT2D eigenvalue weighted by Crippen LogP contribution is 2.18. The molecule has 0 aromatic heterocycles. The second kappa shape index (κ2) is 13.4. The molecule has 2 aromatic rings. The van der Waals surface area contributed by atoms with E-state index in [0.29, 0.717) is 24.3 Å². The van der Waals surface area contributed by atoms with Crippen LogP contribution in [0.4, 0.5) is 0 Å². The third kappa shape index (κ3) is 8.25. The van der Waals surface area contributed by atoms with Crippen LogP contribution in [0.3, 0.4) is 0 Å². The van der Waals surface area contributed by atoms with Gasteiger partial charge < -0.3 is 18.9 Å². The zero-order valence-corrected chi connectivity index (χ0v) is 17.7. The van der Waals surface area contributed by atoms with E-state index in [1.54, 1.807) is 42.5 Å². The van der Waals surface area contributed by atoms with Crippen molar-refractivity contribution in [2.75, 3.05) is 26.9 Å². The normalized spacial score (nSPS) is 10.5. The van der Waals surface area contributed by atoms with Crippen LogP contribution in [0.2, 0.25) is 0 Å². The molecular formula is C24H30O6. The Hall–Kier alpha value is -2.86. The predicted octanol–water partition coefficient (Wildman–Crippen LogP) is 5.06. The van der Waals surface area contributed by atoms with Crippen molar-refractivity contribution in [2.45, 2.75) is 39.0 Å². The zero-order valence-electron chi connectivity index (χ0n) is 17.7. The third-order valence-corrected chi connectivity index (χ3v) is 4.41. The molecule has 0 aliphatic heterocycles. The minimum absolute atomic E-state index is 0.159. The molecule has 0 spiro atoms. The molecule has 0 unspecified atom stereocenters. The third-order valence-electron chi connectivity index (χ3n) is 4.41. The topological polar surface area (TPSA) is 71.1 Å². The molecule has 0 saturated heterocycles. The highest BCUT2D eigenvalue weighted by atomic mass is 16.6. The second-order valence-electron chi connectivity index (χ2n) is 6.83. The molecule has 0 aliphatic rings. The zero-order chi connectivity index (χ0) is 21.6. The lowest BCUT2D eigenvalue weighted by atomic mass is 10.2. The summed E-state index contributed by atoms with van der Waals surface area (Å²) in [5.74, 6) is -0.0106. The Kier molecular flexibility index (Phi) is 10.4. The summed E-state index contributed by atoms with van der Waals surface area (Å²) in [5, 5.41) is 0. The molecule has 0 amide bonds. The summed E-state index contributed by atoms with van der Waals surface area (Å²) in [6, 6.07) is 13.2. The number of benzene rings is 2. The Morgan fingerprint density at radius 2 is 1.53 bits per heavy atom. The van der Waals surface area contributed by atoms with Crippen molar-refractivity contribution in [1.82, 2.24) is 0 Å². The lowest BCUT2D eigenvalue weighted by Gasteiger charge is -2.09. The van der Waals surface area contributed by atoms with Crippen molar-refractivity contribution in [3.05, 3.63) is 59.7 Å². The first kappa shape index (κ1) is 23.4. The number of hydrogen-bond donors (Lipinski definition) is 0. The lowest BCUT2D eigenvalue weighted by Crippen LogP contribution is -2.11. The largest absolute Gasteiger partial charge is 0.494 e. The van der Waals surface area contributed by atoms with Gasteiger partial charge in [0.1, 0.15) is 18.1 Å². The SMILES string of the molecule is CCCCCCCOc1ccc(C(=O)Oc2cccc(C(=O)OCCOC)c2)cc1. The number of ether oxygens (including phenoxy) is 4. The molecule has 162 valence electrons. The Bertz CT molecular complexity index is 785. The summed E-state index contributed by atoms with van der Waals surface area (Å²) in [4.78, 5) is 24.4. The number of carbonyl (C=O) groups excluding carboxylic acids is 2. The fourth-order valence-corrected chi connectivity index (χ4v) is 2.74. The van der Waals surface area contributed by atoms with Gasteiger partial charge in [0.15, 0.2) is 0 Å². The fourth-order valence-electron chi connectivity index (χ4n) is 2.74. The Morgan fingerprint density at radius 3 is 2.27 bits per heavy atom. The smallest absolute Gasteiger partial charge is 0.343 e. The van der Waals surface area contributed by atoms with Gasteiger partial charge >= 0.3 is 11.9 Å². The van der Waals surface area contributed by atoms with Crippen LogP contribution in [0.25, 0.3) is 0 Å². The van der Waals surface area contributed by atoms with Crippen LogP contribution in [-0.2, 0) is 9.47 Å². The van der Waals surface area contributed by atoms with Crippen molar-refractivity contribution in [2.24, 2.45) is 0 Å². The number of hydrogen-bond acceptors (Lipinski definition) is 6. The van der Waals surface area contributed by atoms with Crippen LogP contribution in [0.1, 0.15) is 59.7 Å². The van der Waals surface area contributed by atoms with Crippen molar-refractivity contribution in [3.8, 4) is 11.5 Å². The number of unbranched alkanes of at least 4 members (excludes halogenated alkanes) is 4. The van der Waals surface area contributed by atoms with E-state index in [9.17, 15) is 9.59 Å². The van der Waals surface area contributed by atoms with Gasteiger partial charge in [0.05, 0.1) is 24.3 Å². The fraction of sp³-hybridized carbons (Fsp3) is 0.417. The molecule has 0 fully saturated rings. The van der Waals surface area contributed by atoms with Gasteiger partial charge in [0.25, 0.3) is 0 Å². The van der Waals surface area contributed by atoms with Crippen molar-refractivity contribution >= 4 is 11.9 Å². The monoisotopic (exact) mass is 414 g/mol. The van der Waals surface area contributed by atoms with Gasteiger partial charge in [-0.1, -0.05) is 38.7 Å². The Labute approximate surface area is 178 Å². The van der Waals surface area contributed by atoms with Crippen LogP contribution in [0.5, 0.6) is 11.5 Å². The van der Waals surface area contributed by atoms with Gasteiger partial charge in [-0.3, -0.25) is 0 Å². The molecule has 2 rings (SSSR count). The van der Waals surface area contributed by atoms with E-state index in [0.717, 1.165) is 18.6 Å². The summed E-state index contributed by atoms with van der Waals surface area (Å²) >= 11 is 0. The quantitative estimate of drug-likeness (QED) is 0.259. The highest BCUT2D eigenvalue weighted by molar-refractivity contribution is 5.92. The maximum absolute atomic E-state index is 12.4. The van der Waals surface area contributed by atoms with E-state index in [4.69, 9.17) is 18.9 Å². The molecule has 0 N–H and O–H groups in total. The minimum atomic E-state index is -0.508. The van der Waals surface area contributed by atoms with Gasteiger partial charge in [-0.15, -0.1) is 0 Å². The molecule has 6 nitrogen and oxygen atoms in total. The van der Waals surface area contributed by atoms with Gasteiger partial charge in [0.2, 0.25) is 0 Å². The number of esters is 2. The standard InChI is InChI=1S/C24H30O6/c1-3-4-5-6-7-15-28-21-13-11-19(12-14-21)24(26)30-22-10-8-9-20(18-22)23(25)29-17-16-27-2/h8-14,18H,3-7,15-17H2,1-2H3. The predicted molar refractivity (Wildman–Crippen MR) is 114 cm³/mol. The molecule has 0 saturated carbocycles. The average Bonchev–Trinajstić information content (AvgIpc) is 2.77. The van der Waals surface area contributed by atoms with Gasteiger partial charge in [-0.05, 0) is 48.9 Å². The van der Waals surface area contributed by atoms with E-state index in [1.165, 1.54) is 32.4 Å².